The van der Waals surface area contributed by atoms with Gasteiger partial charge in [-0.05, 0) is 23.9 Å². The normalized spacial score (nSPS) is 10.9. The number of nitrogens with two attached hydrogens (primary N) is 1. The van der Waals surface area contributed by atoms with Crippen molar-refractivity contribution in [2.24, 2.45) is 0 Å². The maximum absolute atomic E-state index is 13.1. The Morgan fingerprint density at radius 3 is 2.65 bits per heavy atom. The van der Waals surface area contributed by atoms with Crippen molar-refractivity contribution in [2.75, 3.05) is 17.7 Å². The molecule has 0 fully saturated rings. The zero-order valence-electron chi connectivity index (χ0n) is 16.8. The van der Waals surface area contributed by atoms with E-state index >= 15 is 0 Å². The molecule has 3 N–H and O–H groups in total. The van der Waals surface area contributed by atoms with Gasteiger partial charge in [0, 0.05) is 7.05 Å². The summed E-state index contributed by atoms with van der Waals surface area (Å²) in [6.07, 6.45) is 0. The number of amides is 1. The van der Waals surface area contributed by atoms with Crippen molar-refractivity contribution in [3.05, 3.63) is 85.7 Å². The van der Waals surface area contributed by atoms with Crippen molar-refractivity contribution < 1.29 is 9.21 Å². The van der Waals surface area contributed by atoms with Crippen molar-refractivity contribution in [3.63, 3.8) is 0 Å². The molecule has 3 aromatic heterocycles. The van der Waals surface area contributed by atoms with Crippen LogP contribution in [0.1, 0.15) is 21.8 Å². The fraction of sp³-hybridized carbons (Fsp3) is 0.143. The lowest BCUT2D eigenvalue weighted by molar-refractivity contribution is 0.0987. The molecule has 158 valence electrons. The second-order valence-electron chi connectivity index (χ2n) is 6.83. The molecule has 4 aromatic rings. The van der Waals surface area contributed by atoms with Gasteiger partial charge in [-0.1, -0.05) is 36.4 Å². The number of hydrogen-bond acceptors (Lipinski definition) is 7. The quantitative estimate of drug-likeness (QED) is 0.494. The number of nitrogen functional groups attached to an aromatic ring is 1. The summed E-state index contributed by atoms with van der Waals surface area (Å²) >= 11 is 1.43. The van der Waals surface area contributed by atoms with Crippen LogP contribution in [0.5, 0.6) is 0 Å². The zero-order chi connectivity index (χ0) is 22.1. The predicted molar refractivity (Wildman–Crippen MR) is 119 cm³/mol. The van der Waals surface area contributed by atoms with Gasteiger partial charge < -0.3 is 15.1 Å². The number of benzene rings is 1. The lowest BCUT2D eigenvalue weighted by atomic mass is 10.2. The van der Waals surface area contributed by atoms with Crippen molar-refractivity contribution in [3.8, 4) is 10.8 Å². The smallest absolute Gasteiger partial charge is 0.330 e. The molecule has 0 bridgehead atoms. The van der Waals surface area contributed by atoms with E-state index in [-0.39, 0.29) is 23.7 Å². The summed E-state index contributed by atoms with van der Waals surface area (Å²) in [4.78, 5) is 46.4. The van der Waals surface area contributed by atoms with Crippen LogP contribution in [0.3, 0.4) is 0 Å². The predicted octanol–water partition coefficient (Wildman–Crippen LogP) is 2.47. The van der Waals surface area contributed by atoms with Gasteiger partial charge >= 0.3 is 5.69 Å². The second kappa shape index (κ2) is 8.07. The summed E-state index contributed by atoms with van der Waals surface area (Å²) in [6.45, 7) is 1.76. The molecule has 0 aliphatic heterocycles. The number of nitrogens with one attached hydrogen (secondary N) is 1. The third-order valence-electron chi connectivity index (χ3n) is 4.77. The van der Waals surface area contributed by atoms with Crippen LogP contribution < -0.4 is 21.9 Å². The molecule has 1 amide bonds. The van der Waals surface area contributed by atoms with Crippen LogP contribution in [-0.2, 0) is 6.54 Å². The first kappa shape index (κ1) is 20.4. The van der Waals surface area contributed by atoms with E-state index < -0.39 is 17.2 Å². The van der Waals surface area contributed by atoms with Crippen LogP contribution in [0, 0.1) is 6.92 Å². The van der Waals surface area contributed by atoms with Crippen LogP contribution in [0.2, 0.25) is 0 Å². The Morgan fingerprint density at radius 1 is 1.23 bits per heavy atom. The van der Waals surface area contributed by atoms with Crippen LogP contribution in [0.15, 0.2) is 61.9 Å². The first-order valence-electron chi connectivity index (χ1n) is 9.32. The first-order chi connectivity index (χ1) is 14.9. The summed E-state index contributed by atoms with van der Waals surface area (Å²) in [5.41, 5.74) is 5.49. The van der Waals surface area contributed by atoms with Crippen molar-refractivity contribution >= 4 is 28.7 Å². The number of aryl methyl sites for hydroxylation is 1. The van der Waals surface area contributed by atoms with E-state index in [9.17, 15) is 14.4 Å². The SMILES string of the molecule is Cc1oc(-c2cccs2)nc1C(=O)N(C)c1c(N)n(Cc2ccccc2)c(=O)[nH]c1=O. The average molecular weight is 437 g/mol. The van der Waals surface area contributed by atoms with Gasteiger partial charge in [0.1, 0.15) is 11.6 Å². The highest BCUT2D eigenvalue weighted by atomic mass is 32.1. The van der Waals surface area contributed by atoms with Crippen molar-refractivity contribution in [2.45, 2.75) is 13.5 Å². The Bertz CT molecular complexity index is 1350. The van der Waals surface area contributed by atoms with Crippen molar-refractivity contribution in [1.29, 1.82) is 0 Å². The first-order valence-corrected chi connectivity index (χ1v) is 10.2. The molecule has 0 aliphatic carbocycles. The minimum Gasteiger partial charge on any atom is -0.440 e. The molecule has 0 saturated carbocycles. The van der Waals surface area contributed by atoms with Gasteiger partial charge in [-0.3, -0.25) is 19.1 Å². The molecule has 0 radical (unpaired) electrons. The highest BCUT2D eigenvalue weighted by molar-refractivity contribution is 7.13. The zero-order valence-corrected chi connectivity index (χ0v) is 17.6. The number of hydrogen-bond donors (Lipinski definition) is 2. The Labute approximate surface area is 180 Å². The molecule has 4 rings (SSSR count). The highest BCUT2D eigenvalue weighted by Crippen LogP contribution is 2.27. The van der Waals surface area contributed by atoms with E-state index in [1.807, 2.05) is 47.8 Å². The lowest BCUT2D eigenvalue weighted by Crippen LogP contribution is -2.39. The summed E-state index contributed by atoms with van der Waals surface area (Å²) in [7, 11) is 1.40. The number of aromatic amines is 1. The Kier molecular flexibility index (Phi) is 5.30. The largest absolute Gasteiger partial charge is 0.440 e. The van der Waals surface area contributed by atoms with E-state index in [1.54, 1.807) is 6.92 Å². The van der Waals surface area contributed by atoms with E-state index in [0.717, 1.165) is 15.3 Å². The second-order valence-corrected chi connectivity index (χ2v) is 7.78. The molecular weight excluding hydrogens is 418 g/mol. The number of carbonyl (C=O) groups excluding carboxylic acids is 1. The number of rotatable bonds is 5. The van der Waals surface area contributed by atoms with Gasteiger partial charge in [-0.2, -0.15) is 0 Å². The molecule has 10 heteroatoms. The molecule has 0 atom stereocenters. The number of anilines is 2. The summed E-state index contributed by atoms with van der Waals surface area (Å²) in [5.74, 6) is -0.0627. The fourth-order valence-corrected chi connectivity index (χ4v) is 3.83. The topological polar surface area (TPSA) is 127 Å². The minimum atomic E-state index is -0.762. The van der Waals surface area contributed by atoms with E-state index in [1.165, 1.54) is 23.0 Å². The van der Waals surface area contributed by atoms with Crippen molar-refractivity contribution in [1.82, 2.24) is 14.5 Å². The Morgan fingerprint density at radius 2 is 1.97 bits per heavy atom. The third kappa shape index (κ3) is 3.80. The van der Waals surface area contributed by atoms with Gasteiger partial charge in [0.25, 0.3) is 11.5 Å². The van der Waals surface area contributed by atoms with Gasteiger partial charge in [0.15, 0.2) is 11.4 Å². The van der Waals surface area contributed by atoms with Gasteiger partial charge in [0.2, 0.25) is 5.89 Å². The Balaban J connectivity index is 1.72. The standard InChI is InChI=1S/C21H19N5O4S/c1-12-15(23-19(30-12)14-9-6-10-31-14)20(28)25(2)16-17(22)26(21(29)24-18(16)27)11-13-7-4-3-5-8-13/h3-10H,11,22H2,1-2H3,(H,24,27,29). The molecule has 0 saturated heterocycles. The molecule has 0 spiro atoms. The lowest BCUT2D eigenvalue weighted by Gasteiger charge is -2.19. The van der Waals surface area contributed by atoms with Crippen LogP contribution in [-0.4, -0.2) is 27.5 Å². The molecular formula is C21H19N5O4S. The molecule has 3 heterocycles. The van der Waals surface area contributed by atoms with Gasteiger partial charge in [-0.15, -0.1) is 11.3 Å². The third-order valence-corrected chi connectivity index (χ3v) is 5.63. The number of H-pyrrole nitrogens is 1. The number of nitrogens with zero attached hydrogens (tertiary/aromatic N) is 3. The number of aromatic nitrogens is 3. The average Bonchev–Trinajstić information content (AvgIpc) is 3.41. The highest BCUT2D eigenvalue weighted by Gasteiger charge is 2.27. The van der Waals surface area contributed by atoms with Crippen LogP contribution in [0.4, 0.5) is 11.5 Å². The molecule has 1 aromatic carbocycles. The van der Waals surface area contributed by atoms with Gasteiger partial charge in [0.05, 0.1) is 11.4 Å². The summed E-state index contributed by atoms with van der Waals surface area (Å²) in [5, 5.41) is 1.87. The Hall–Kier alpha value is -3.92. The van der Waals surface area contributed by atoms with E-state index in [0.29, 0.717) is 11.7 Å². The maximum Gasteiger partial charge on any atom is 0.330 e. The molecule has 31 heavy (non-hydrogen) atoms. The summed E-state index contributed by atoms with van der Waals surface area (Å²) in [6, 6.07) is 12.9. The van der Waals surface area contributed by atoms with Crippen LogP contribution >= 0.6 is 11.3 Å². The number of carbonyl (C=O) groups is 1. The molecule has 9 nitrogen and oxygen atoms in total. The fourth-order valence-electron chi connectivity index (χ4n) is 3.19. The maximum atomic E-state index is 13.1. The monoisotopic (exact) mass is 437 g/mol. The van der Waals surface area contributed by atoms with Crippen LogP contribution in [0.25, 0.3) is 10.8 Å². The van der Waals surface area contributed by atoms with Gasteiger partial charge in [-0.25, -0.2) is 9.78 Å². The summed E-state index contributed by atoms with van der Waals surface area (Å²) < 4.78 is 6.84. The molecule has 0 unspecified atom stereocenters. The number of thiophene rings is 1. The number of oxazole rings is 1. The minimum absolute atomic E-state index is 0.0607. The molecule has 0 aliphatic rings. The van der Waals surface area contributed by atoms with E-state index in [2.05, 4.69) is 9.97 Å². The van der Waals surface area contributed by atoms with E-state index in [4.69, 9.17) is 10.2 Å².